The maximum atomic E-state index is 12.1. The monoisotopic (exact) mass is 267 g/mol. The Labute approximate surface area is 110 Å². The number of thiophene rings is 1. The summed E-state index contributed by atoms with van der Waals surface area (Å²) < 4.78 is 0. The number of carboxylic acids is 1. The molecule has 0 saturated carbocycles. The van der Waals surface area contributed by atoms with E-state index in [0.29, 0.717) is 13.1 Å². The second-order valence-electron chi connectivity index (χ2n) is 5.30. The van der Waals surface area contributed by atoms with Crippen LogP contribution in [0.4, 0.5) is 0 Å². The highest BCUT2D eigenvalue weighted by Crippen LogP contribution is 2.27. The molecule has 0 spiro atoms. The second-order valence-corrected chi connectivity index (χ2v) is 6.30. The predicted octanol–water partition coefficient (Wildman–Crippen LogP) is 2.13. The van der Waals surface area contributed by atoms with Crippen LogP contribution in [0.25, 0.3) is 0 Å². The highest BCUT2D eigenvalue weighted by molar-refractivity contribution is 7.10. The number of carbonyl (C=O) groups excluding carboxylic acids is 1. The van der Waals surface area contributed by atoms with Gasteiger partial charge in [0.25, 0.3) is 0 Å². The SMILES string of the molecule is CC(C)(CC(=O)N1CCc2sccc2C1)C(=O)O. The summed E-state index contributed by atoms with van der Waals surface area (Å²) >= 11 is 1.73. The minimum atomic E-state index is -0.994. The maximum Gasteiger partial charge on any atom is 0.309 e. The Hall–Kier alpha value is -1.36. The van der Waals surface area contributed by atoms with Crippen molar-refractivity contribution >= 4 is 23.2 Å². The van der Waals surface area contributed by atoms with E-state index in [4.69, 9.17) is 5.11 Å². The average Bonchev–Trinajstić information content (AvgIpc) is 2.74. The van der Waals surface area contributed by atoms with E-state index < -0.39 is 11.4 Å². The minimum absolute atomic E-state index is 0.0573. The van der Waals surface area contributed by atoms with Crippen molar-refractivity contribution in [1.29, 1.82) is 0 Å². The maximum absolute atomic E-state index is 12.1. The number of hydrogen-bond donors (Lipinski definition) is 1. The van der Waals surface area contributed by atoms with Gasteiger partial charge in [0.1, 0.15) is 0 Å². The van der Waals surface area contributed by atoms with E-state index in [1.807, 2.05) is 11.4 Å². The average molecular weight is 267 g/mol. The van der Waals surface area contributed by atoms with Gasteiger partial charge in [-0.05, 0) is 37.3 Å². The van der Waals surface area contributed by atoms with Gasteiger partial charge in [-0.2, -0.15) is 0 Å². The summed E-state index contributed by atoms with van der Waals surface area (Å²) in [4.78, 5) is 26.3. The third-order valence-electron chi connectivity index (χ3n) is 3.33. The molecule has 1 aromatic rings. The fourth-order valence-electron chi connectivity index (χ4n) is 2.03. The molecule has 2 heterocycles. The van der Waals surface area contributed by atoms with Gasteiger partial charge in [0.15, 0.2) is 0 Å². The molecule has 0 saturated heterocycles. The molecule has 1 N–H and O–H groups in total. The van der Waals surface area contributed by atoms with Gasteiger partial charge in [-0.15, -0.1) is 11.3 Å². The third kappa shape index (κ3) is 2.56. The molecule has 0 aromatic carbocycles. The van der Waals surface area contributed by atoms with Crippen LogP contribution in [-0.4, -0.2) is 28.4 Å². The van der Waals surface area contributed by atoms with Crippen LogP contribution in [0.2, 0.25) is 0 Å². The van der Waals surface area contributed by atoms with Gasteiger partial charge >= 0.3 is 5.97 Å². The van der Waals surface area contributed by atoms with Gasteiger partial charge in [0, 0.05) is 24.4 Å². The number of carbonyl (C=O) groups is 2. The molecule has 1 aliphatic heterocycles. The molecule has 1 aliphatic rings. The summed E-state index contributed by atoms with van der Waals surface area (Å²) in [5.74, 6) is -0.997. The first kappa shape index (κ1) is 13.1. The Morgan fingerprint density at radius 3 is 2.89 bits per heavy atom. The highest BCUT2D eigenvalue weighted by Gasteiger charge is 2.33. The number of carboxylic acid groups (broad SMARTS) is 1. The van der Waals surface area contributed by atoms with E-state index >= 15 is 0 Å². The molecule has 0 radical (unpaired) electrons. The van der Waals surface area contributed by atoms with Crippen LogP contribution >= 0.6 is 11.3 Å². The molecule has 0 unspecified atom stereocenters. The lowest BCUT2D eigenvalue weighted by Crippen LogP contribution is -2.39. The first-order chi connectivity index (χ1) is 8.40. The van der Waals surface area contributed by atoms with Gasteiger partial charge in [0.2, 0.25) is 5.91 Å². The molecule has 98 valence electrons. The first-order valence-corrected chi connectivity index (χ1v) is 6.84. The summed E-state index contributed by atoms with van der Waals surface area (Å²) in [6.07, 6.45) is 0.939. The van der Waals surface area contributed by atoms with E-state index in [9.17, 15) is 9.59 Å². The van der Waals surface area contributed by atoms with Crippen molar-refractivity contribution in [3.05, 3.63) is 21.9 Å². The number of rotatable bonds is 3. The summed E-state index contributed by atoms with van der Waals surface area (Å²) in [6.45, 7) is 4.50. The number of nitrogens with zero attached hydrogens (tertiary/aromatic N) is 1. The Bertz CT molecular complexity index is 478. The molecule has 1 amide bonds. The molecule has 2 rings (SSSR count). The molecule has 0 bridgehead atoms. The van der Waals surface area contributed by atoms with E-state index in [2.05, 4.69) is 0 Å². The van der Waals surface area contributed by atoms with Crippen LogP contribution in [-0.2, 0) is 22.6 Å². The predicted molar refractivity (Wildman–Crippen MR) is 69.5 cm³/mol. The van der Waals surface area contributed by atoms with E-state index in [1.165, 1.54) is 10.4 Å². The van der Waals surface area contributed by atoms with Crippen molar-refractivity contribution in [3.63, 3.8) is 0 Å². The molecule has 5 heteroatoms. The van der Waals surface area contributed by atoms with Gasteiger partial charge in [-0.3, -0.25) is 9.59 Å². The van der Waals surface area contributed by atoms with Crippen LogP contribution in [0.3, 0.4) is 0 Å². The van der Waals surface area contributed by atoms with Gasteiger partial charge < -0.3 is 10.0 Å². The molecule has 18 heavy (non-hydrogen) atoms. The van der Waals surface area contributed by atoms with Crippen molar-refractivity contribution < 1.29 is 14.7 Å². The fraction of sp³-hybridized carbons (Fsp3) is 0.538. The number of aliphatic carboxylic acids is 1. The highest BCUT2D eigenvalue weighted by atomic mass is 32.1. The Balaban J connectivity index is 2.02. The molecule has 0 fully saturated rings. The van der Waals surface area contributed by atoms with Crippen LogP contribution in [0.15, 0.2) is 11.4 Å². The van der Waals surface area contributed by atoms with Crippen LogP contribution in [0, 0.1) is 5.41 Å². The Morgan fingerprint density at radius 1 is 1.50 bits per heavy atom. The van der Waals surface area contributed by atoms with Crippen molar-refractivity contribution in [3.8, 4) is 0 Å². The zero-order chi connectivity index (χ0) is 13.3. The first-order valence-electron chi connectivity index (χ1n) is 5.96. The van der Waals surface area contributed by atoms with Crippen LogP contribution in [0.1, 0.15) is 30.7 Å². The van der Waals surface area contributed by atoms with Crippen molar-refractivity contribution in [2.75, 3.05) is 6.54 Å². The lowest BCUT2D eigenvalue weighted by Gasteiger charge is -2.29. The largest absolute Gasteiger partial charge is 0.481 e. The summed E-state index contributed by atoms with van der Waals surface area (Å²) in [7, 11) is 0. The standard InChI is InChI=1S/C13H17NO3S/c1-13(2,12(16)17)7-11(15)14-5-3-10-9(8-14)4-6-18-10/h4,6H,3,5,7-8H2,1-2H3,(H,16,17). The summed E-state index contributed by atoms with van der Waals surface area (Å²) in [6, 6.07) is 2.04. The van der Waals surface area contributed by atoms with Gasteiger partial charge in [-0.1, -0.05) is 0 Å². The van der Waals surface area contributed by atoms with E-state index in [0.717, 1.165) is 6.42 Å². The van der Waals surface area contributed by atoms with Gasteiger partial charge in [-0.25, -0.2) is 0 Å². The third-order valence-corrected chi connectivity index (χ3v) is 4.36. The number of hydrogen-bond acceptors (Lipinski definition) is 3. The number of fused-ring (bicyclic) bond motifs is 1. The Morgan fingerprint density at radius 2 is 2.22 bits per heavy atom. The van der Waals surface area contributed by atoms with E-state index in [1.54, 1.807) is 30.1 Å². The van der Waals surface area contributed by atoms with Crippen molar-refractivity contribution in [2.45, 2.75) is 33.2 Å². The topological polar surface area (TPSA) is 57.6 Å². The van der Waals surface area contributed by atoms with Crippen LogP contribution < -0.4 is 0 Å². The molecular weight excluding hydrogens is 250 g/mol. The van der Waals surface area contributed by atoms with Crippen LogP contribution in [0.5, 0.6) is 0 Å². The lowest BCUT2D eigenvalue weighted by molar-refractivity contribution is -0.151. The molecular formula is C13H17NO3S. The zero-order valence-corrected chi connectivity index (χ0v) is 11.4. The molecule has 0 atom stereocenters. The molecule has 0 aliphatic carbocycles. The molecule has 1 aromatic heterocycles. The second kappa shape index (κ2) is 4.72. The summed E-state index contributed by atoms with van der Waals surface area (Å²) in [5, 5.41) is 11.1. The zero-order valence-electron chi connectivity index (χ0n) is 10.6. The lowest BCUT2D eigenvalue weighted by atomic mass is 9.88. The van der Waals surface area contributed by atoms with Crippen molar-refractivity contribution in [2.24, 2.45) is 5.41 Å². The fourth-order valence-corrected chi connectivity index (χ4v) is 2.92. The minimum Gasteiger partial charge on any atom is -0.481 e. The quantitative estimate of drug-likeness (QED) is 0.912. The smallest absolute Gasteiger partial charge is 0.309 e. The number of amides is 1. The van der Waals surface area contributed by atoms with Gasteiger partial charge in [0.05, 0.1) is 5.41 Å². The van der Waals surface area contributed by atoms with E-state index in [-0.39, 0.29) is 12.3 Å². The normalized spacial score (nSPS) is 15.3. The summed E-state index contributed by atoms with van der Waals surface area (Å²) in [5.41, 5.74) is 0.208. The molecule has 4 nitrogen and oxygen atoms in total. The Kier molecular flexibility index (Phi) is 3.43. The van der Waals surface area contributed by atoms with Crippen molar-refractivity contribution in [1.82, 2.24) is 4.90 Å².